The van der Waals surface area contributed by atoms with Gasteiger partial charge in [0.1, 0.15) is 0 Å². The first-order chi connectivity index (χ1) is 8.42. The fraction of sp³-hybridized carbons (Fsp3) is 0.333. The molecule has 0 aliphatic carbocycles. The molecule has 0 radical (unpaired) electrons. The average Bonchev–Trinajstić information content (AvgIpc) is 2.37. The summed E-state index contributed by atoms with van der Waals surface area (Å²) in [6.07, 6.45) is 0. The van der Waals surface area contributed by atoms with Gasteiger partial charge in [0.15, 0.2) is 15.1 Å². The number of sulfone groups is 1. The first kappa shape index (κ1) is 14.2. The molecule has 0 spiro atoms. The molecule has 5 nitrogen and oxygen atoms in total. The van der Waals surface area contributed by atoms with E-state index in [9.17, 15) is 13.2 Å². The quantitative estimate of drug-likeness (QED) is 0.761. The highest BCUT2D eigenvalue weighted by molar-refractivity contribution is 7.92. The van der Waals surface area contributed by atoms with E-state index in [1.807, 2.05) is 6.07 Å². The Morgan fingerprint density at radius 3 is 2.61 bits per heavy atom. The third-order valence-electron chi connectivity index (χ3n) is 2.57. The molecule has 18 heavy (non-hydrogen) atoms. The van der Waals surface area contributed by atoms with E-state index in [0.29, 0.717) is 5.56 Å². The number of nitriles is 1. The molecule has 0 saturated heterocycles. The maximum atomic E-state index is 12.0. The Hall–Kier alpha value is -1.87. The second-order valence-corrected chi connectivity index (χ2v) is 6.06. The number of methoxy groups -OCH3 is 1. The van der Waals surface area contributed by atoms with Gasteiger partial charge in [-0.2, -0.15) is 5.26 Å². The van der Waals surface area contributed by atoms with Crippen LogP contribution in [-0.4, -0.2) is 26.7 Å². The number of rotatable bonds is 4. The summed E-state index contributed by atoms with van der Waals surface area (Å²) in [5.74, 6) is -1.16. The molecule has 1 aromatic rings. The first-order valence-corrected chi connectivity index (χ1v) is 6.91. The van der Waals surface area contributed by atoms with Crippen LogP contribution in [0.1, 0.15) is 18.1 Å². The molecule has 0 saturated carbocycles. The van der Waals surface area contributed by atoms with Crippen molar-refractivity contribution in [2.75, 3.05) is 7.11 Å². The minimum Gasteiger partial charge on any atom is -0.468 e. The lowest BCUT2D eigenvalue weighted by Gasteiger charge is -2.11. The Kier molecular flexibility index (Phi) is 4.45. The normalized spacial score (nSPS) is 12.5. The van der Waals surface area contributed by atoms with Crippen LogP contribution in [0.25, 0.3) is 0 Å². The molecular formula is C12H13NO4S. The second kappa shape index (κ2) is 5.65. The van der Waals surface area contributed by atoms with Gasteiger partial charge in [0.25, 0.3) is 0 Å². The molecule has 6 heteroatoms. The van der Waals surface area contributed by atoms with E-state index in [-0.39, 0.29) is 11.3 Å². The molecular weight excluding hydrogens is 254 g/mol. The van der Waals surface area contributed by atoms with Gasteiger partial charge in [-0.3, -0.25) is 4.79 Å². The van der Waals surface area contributed by atoms with Crippen molar-refractivity contribution in [1.82, 2.24) is 0 Å². The van der Waals surface area contributed by atoms with E-state index in [4.69, 9.17) is 5.26 Å². The zero-order chi connectivity index (χ0) is 13.8. The van der Waals surface area contributed by atoms with Crippen molar-refractivity contribution in [2.24, 2.45) is 0 Å². The molecule has 0 fully saturated rings. The summed E-state index contributed by atoms with van der Waals surface area (Å²) in [6, 6.07) is 8.31. The highest BCUT2D eigenvalue weighted by Crippen LogP contribution is 2.15. The van der Waals surface area contributed by atoms with Crippen LogP contribution >= 0.6 is 0 Å². The van der Waals surface area contributed by atoms with Gasteiger partial charge in [-0.1, -0.05) is 18.2 Å². The molecule has 0 heterocycles. The predicted molar refractivity (Wildman–Crippen MR) is 65.3 cm³/mol. The number of ether oxygens (including phenoxy) is 1. The predicted octanol–water partition coefficient (Wildman–Crippen LogP) is 1.03. The van der Waals surface area contributed by atoms with Gasteiger partial charge >= 0.3 is 5.97 Å². The molecule has 0 bridgehead atoms. The highest BCUT2D eigenvalue weighted by atomic mass is 32.2. The maximum Gasteiger partial charge on any atom is 0.323 e. The number of esters is 1. The van der Waals surface area contributed by atoms with Gasteiger partial charge in [-0.05, 0) is 18.6 Å². The van der Waals surface area contributed by atoms with Crippen molar-refractivity contribution >= 4 is 15.8 Å². The number of hydrogen-bond donors (Lipinski definition) is 0. The fourth-order valence-electron chi connectivity index (χ4n) is 1.41. The van der Waals surface area contributed by atoms with E-state index in [2.05, 4.69) is 4.74 Å². The van der Waals surface area contributed by atoms with Gasteiger partial charge in [0, 0.05) is 0 Å². The molecule has 1 aromatic carbocycles. The first-order valence-electron chi connectivity index (χ1n) is 5.19. The van der Waals surface area contributed by atoms with Crippen molar-refractivity contribution in [1.29, 1.82) is 5.26 Å². The Balaban J connectivity index is 3.04. The Morgan fingerprint density at radius 2 is 2.06 bits per heavy atom. The summed E-state index contributed by atoms with van der Waals surface area (Å²) in [6.45, 7) is 1.27. The summed E-state index contributed by atoms with van der Waals surface area (Å²) >= 11 is 0. The minimum absolute atomic E-state index is 0.290. The van der Waals surface area contributed by atoms with E-state index < -0.39 is 21.1 Å². The van der Waals surface area contributed by atoms with Gasteiger partial charge in [-0.25, -0.2) is 8.42 Å². The molecule has 1 atom stereocenters. The zero-order valence-electron chi connectivity index (χ0n) is 10.1. The largest absolute Gasteiger partial charge is 0.468 e. The average molecular weight is 267 g/mol. The van der Waals surface area contributed by atoms with E-state index >= 15 is 0 Å². The molecule has 0 aliphatic rings. The van der Waals surface area contributed by atoms with Crippen molar-refractivity contribution in [3.05, 3.63) is 35.4 Å². The second-order valence-electron chi connectivity index (χ2n) is 3.74. The highest BCUT2D eigenvalue weighted by Gasteiger charge is 2.29. The van der Waals surface area contributed by atoms with E-state index in [1.54, 1.807) is 18.2 Å². The summed E-state index contributed by atoms with van der Waals surface area (Å²) in [5, 5.41) is 7.63. The number of nitrogens with zero attached hydrogens (tertiary/aromatic N) is 1. The fourth-order valence-corrected chi connectivity index (χ4v) is 2.73. The summed E-state index contributed by atoms with van der Waals surface area (Å²) in [5.41, 5.74) is 0.675. The number of hydrogen-bond acceptors (Lipinski definition) is 5. The van der Waals surface area contributed by atoms with Gasteiger partial charge in [0.05, 0.1) is 24.5 Å². The molecule has 1 unspecified atom stereocenters. The summed E-state index contributed by atoms with van der Waals surface area (Å²) < 4.78 is 28.3. The van der Waals surface area contributed by atoms with Crippen molar-refractivity contribution in [3.63, 3.8) is 0 Å². The SMILES string of the molecule is COC(=O)C(C)S(=O)(=O)Cc1ccccc1C#N. The smallest absolute Gasteiger partial charge is 0.323 e. The lowest BCUT2D eigenvalue weighted by Crippen LogP contribution is -2.29. The van der Waals surface area contributed by atoms with Crippen LogP contribution in [0.3, 0.4) is 0 Å². The van der Waals surface area contributed by atoms with Crippen LogP contribution in [0.2, 0.25) is 0 Å². The summed E-state index contributed by atoms with van der Waals surface area (Å²) in [7, 11) is -2.55. The van der Waals surface area contributed by atoms with Crippen LogP contribution in [0, 0.1) is 11.3 Å². The van der Waals surface area contributed by atoms with Crippen LogP contribution in [0.15, 0.2) is 24.3 Å². The molecule has 1 rings (SSSR count). The number of carbonyl (C=O) groups is 1. The molecule has 96 valence electrons. The van der Waals surface area contributed by atoms with Crippen LogP contribution < -0.4 is 0 Å². The van der Waals surface area contributed by atoms with E-state index in [1.165, 1.54) is 13.0 Å². The van der Waals surface area contributed by atoms with Crippen molar-refractivity contribution < 1.29 is 17.9 Å². The minimum atomic E-state index is -3.68. The van der Waals surface area contributed by atoms with E-state index in [0.717, 1.165) is 7.11 Å². The lowest BCUT2D eigenvalue weighted by atomic mass is 10.1. The lowest BCUT2D eigenvalue weighted by molar-refractivity contribution is -0.139. The van der Waals surface area contributed by atoms with Crippen molar-refractivity contribution in [3.8, 4) is 6.07 Å². The molecule has 0 amide bonds. The van der Waals surface area contributed by atoms with Crippen molar-refractivity contribution in [2.45, 2.75) is 17.9 Å². The maximum absolute atomic E-state index is 12.0. The van der Waals surface area contributed by atoms with Gasteiger partial charge < -0.3 is 4.74 Å². The van der Waals surface area contributed by atoms with Gasteiger partial charge in [-0.15, -0.1) is 0 Å². The third-order valence-corrected chi connectivity index (χ3v) is 4.55. The number of benzene rings is 1. The third kappa shape index (κ3) is 3.08. The van der Waals surface area contributed by atoms with Crippen LogP contribution in [0.5, 0.6) is 0 Å². The topological polar surface area (TPSA) is 84.2 Å². The zero-order valence-corrected chi connectivity index (χ0v) is 10.9. The molecule has 0 aliphatic heterocycles. The Bertz CT molecular complexity index is 586. The monoisotopic (exact) mass is 267 g/mol. The van der Waals surface area contributed by atoms with Crippen LogP contribution in [0.4, 0.5) is 0 Å². The standard InChI is InChI=1S/C12H13NO4S/c1-9(12(14)17-2)18(15,16)8-11-6-4-3-5-10(11)7-13/h3-6,9H,8H2,1-2H3. The molecule has 0 aromatic heterocycles. The van der Waals surface area contributed by atoms with Crippen LogP contribution in [-0.2, 0) is 25.1 Å². The molecule has 0 N–H and O–H groups in total. The van der Waals surface area contributed by atoms with Gasteiger partial charge in [0.2, 0.25) is 0 Å². The summed E-state index contributed by atoms with van der Waals surface area (Å²) in [4.78, 5) is 11.2. The Morgan fingerprint density at radius 1 is 1.44 bits per heavy atom. The number of carbonyl (C=O) groups excluding carboxylic acids is 1. The Labute approximate surface area is 106 Å².